The molecule has 1 heterocycles. The van der Waals surface area contributed by atoms with Crippen LogP contribution < -0.4 is 4.87 Å². The summed E-state index contributed by atoms with van der Waals surface area (Å²) in [5.74, 6) is -0.969. The molecule has 102 valence electrons. The molecule has 0 spiro atoms. The molecule has 1 aromatic rings. The summed E-state index contributed by atoms with van der Waals surface area (Å²) in [6.07, 6.45) is 0.131. The highest BCUT2D eigenvalue weighted by molar-refractivity contribution is 7.91. The molecule has 7 nitrogen and oxygen atoms in total. The first-order chi connectivity index (χ1) is 8.25. The number of aliphatic carboxylic acids is 1. The molecular weight excluding hydrogens is 280 g/mol. The standard InChI is InChI=1S/C9H14N2O5S2/c1-6-8(17-9(14)10-6)18(15,16)11(2)5-3-4-7(12)13/h3-5H2,1-2H3,(H,10,14)(H,12,13). The Kier molecular flexibility index (Phi) is 4.65. The van der Waals surface area contributed by atoms with Crippen LogP contribution in [-0.2, 0) is 14.8 Å². The Balaban J connectivity index is 2.83. The average Bonchev–Trinajstić information content (AvgIpc) is 2.57. The van der Waals surface area contributed by atoms with Crippen LogP contribution in [0, 0.1) is 6.92 Å². The second-order valence-electron chi connectivity index (χ2n) is 3.75. The average molecular weight is 294 g/mol. The predicted octanol–water partition coefficient (Wildman–Crippen LogP) is 0.230. The number of aromatic amines is 1. The van der Waals surface area contributed by atoms with Crippen molar-refractivity contribution < 1.29 is 18.3 Å². The van der Waals surface area contributed by atoms with Crippen molar-refractivity contribution in [1.29, 1.82) is 0 Å². The van der Waals surface area contributed by atoms with Crippen molar-refractivity contribution in [3.63, 3.8) is 0 Å². The van der Waals surface area contributed by atoms with Gasteiger partial charge in [-0.05, 0) is 13.3 Å². The fourth-order valence-corrected chi connectivity index (χ4v) is 4.05. The highest BCUT2D eigenvalue weighted by Gasteiger charge is 2.25. The van der Waals surface area contributed by atoms with Gasteiger partial charge in [0.25, 0.3) is 10.0 Å². The summed E-state index contributed by atoms with van der Waals surface area (Å²) in [4.78, 5) is 23.4. The molecule has 0 aliphatic carbocycles. The molecule has 1 aromatic heterocycles. The fourth-order valence-electron chi connectivity index (χ4n) is 1.35. The van der Waals surface area contributed by atoms with E-state index in [0.717, 1.165) is 4.31 Å². The maximum absolute atomic E-state index is 12.1. The second kappa shape index (κ2) is 5.63. The molecular formula is C9H14N2O5S2. The molecule has 0 aliphatic heterocycles. The number of sulfonamides is 1. The molecule has 0 amide bonds. The van der Waals surface area contributed by atoms with Gasteiger partial charge in [0.2, 0.25) is 0 Å². The molecule has 0 aliphatic rings. The molecule has 0 atom stereocenters. The normalized spacial score (nSPS) is 11.9. The lowest BCUT2D eigenvalue weighted by Gasteiger charge is -2.15. The van der Waals surface area contributed by atoms with Gasteiger partial charge in [0.05, 0.1) is 0 Å². The maximum atomic E-state index is 12.1. The third-order valence-electron chi connectivity index (χ3n) is 2.29. The van der Waals surface area contributed by atoms with E-state index in [2.05, 4.69) is 4.98 Å². The number of aryl methyl sites for hydroxylation is 1. The minimum absolute atomic E-state index is 0.0228. The Labute approximate surface area is 108 Å². The monoisotopic (exact) mass is 294 g/mol. The van der Waals surface area contributed by atoms with Crippen LogP contribution in [-0.4, -0.2) is 42.4 Å². The first-order valence-electron chi connectivity index (χ1n) is 5.13. The summed E-state index contributed by atoms with van der Waals surface area (Å²) < 4.78 is 25.2. The molecule has 0 bridgehead atoms. The summed E-state index contributed by atoms with van der Waals surface area (Å²) in [6.45, 7) is 1.61. The first-order valence-corrected chi connectivity index (χ1v) is 7.38. The summed E-state index contributed by atoms with van der Waals surface area (Å²) in [5, 5.41) is 8.48. The van der Waals surface area contributed by atoms with Crippen molar-refractivity contribution in [2.45, 2.75) is 24.0 Å². The molecule has 0 saturated heterocycles. The van der Waals surface area contributed by atoms with Crippen LogP contribution in [0.2, 0.25) is 0 Å². The van der Waals surface area contributed by atoms with Gasteiger partial charge in [-0.1, -0.05) is 11.3 Å². The highest BCUT2D eigenvalue weighted by atomic mass is 32.2. The van der Waals surface area contributed by atoms with Gasteiger partial charge in [0.1, 0.15) is 0 Å². The van der Waals surface area contributed by atoms with Crippen molar-refractivity contribution in [3.05, 3.63) is 15.4 Å². The number of hydrogen-bond acceptors (Lipinski definition) is 5. The van der Waals surface area contributed by atoms with Crippen LogP contribution in [0.15, 0.2) is 9.00 Å². The fraction of sp³-hybridized carbons (Fsp3) is 0.556. The van der Waals surface area contributed by atoms with Gasteiger partial charge < -0.3 is 10.1 Å². The smallest absolute Gasteiger partial charge is 0.305 e. The van der Waals surface area contributed by atoms with Crippen LogP contribution in [0.25, 0.3) is 0 Å². The summed E-state index contributed by atoms with van der Waals surface area (Å²) in [6, 6.07) is 0. The Morgan fingerprint density at radius 1 is 1.50 bits per heavy atom. The maximum Gasteiger partial charge on any atom is 0.305 e. The third kappa shape index (κ3) is 3.40. The zero-order valence-electron chi connectivity index (χ0n) is 9.97. The van der Waals surface area contributed by atoms with Crippen LogP contribution in [0.5, 0.6) is 0 Å². The quantitative estimate of drug-likeness (QED) is 0.781. The molecule has 18 heavy (non-hydrogen) atoms. The predicted molar refractivity (Wildman–Crippen MR) is 66.4 cm³/mol. The Morgan fingerprint density at radius 3 is 2.56 bits per heavy atom. The Morgan fingerprint density at radius 2 is 2.11 bits per heavy atom. The van der Waals surface area contributed by atoms with E-state index in [-0.39, 0.29) is 23.6 Å². The van der Waals surface area contributed by atoms with E-state index in [9.17, 15) is 18.0 Å². The number of thiazole rings is 1. The largest absolute Gasteiger partial charge is 0.481 e. The Hall–Kier alpha value is -1.19. The van der Waals surface area contributed by atoms with Gasteiger partial charge in [0, 0.05) is 25.7 Å². The number of nitrogens with one attached hydrogen (secondary N) is 1. The minimum atomic E-state index is -3.72. The zero-order valence-corrected chi connectivity index (χ0v) is 11.6. The van der Waals surface area contributed by atoms with E-state index in [0.29, 0.717) is 17.0 Å². The van der Waals surface area contributed by atoms with Crippen molar-refractivity contribution in [2.24, 2.45) is 0 Å². The number of carbonyl (C=O) groups is 1. The van der Waals surface area contributed by atoms with E-state index in [1.807, 2.05) is 0 Å². The van der Waals surface area contributed by atoms with Crippen LogP contribution in [0.4, 0.5) is 0 Å². The van der Waals surface area contributed by atoms with Gasteiger partial charge >= 0.3 is 10.8 Å². The van der Waals surface area contributed by atoms with Gasteiger partial charge in [-0.3, -0.25) is 9.59 Å². The van der Waals surface area contributed by atoms with Gasteiger partial charge in [-0.25, -0.2) is 12.7 Å². The van der Waals surface area contributed by atoms with Crippen molar-refractivity contribution >= 4 is 27.3 Å². The molecule has 0 unspecified atom stereocenters. The van der Waals surface area contributed by atoms with E-state index in [1.54, 1.807) is 0 Å². The molecule has 0 saturated carbocycles. The minimum Gasteiger partial charge on any atom is -0.481 e. The van der Waals surface area contributed by atoms with Crippen molar-refractivity contribution in [2.75, 3.05) is 13.6 Å². The van der Waals surface area contributed by atoms with Crippen molar-refractivity contribution in [1.82, 2.24) is 9.29 Å². The van der Waals surface area contributed by atoms with Crippen molar-refractivity contribution in [3.8, 4) is 0 Å². The van der Waals surface area contributed by atoms with E-state index < -0.39 is 20.9 Å². The molecule has 0 fully saturated rings. The number of H-pyrrole nitrogens is 1. The summed E-state index contributed by atoms with van der Waals surface area (Å²) in [7, 11) is -2.36. The van der Waals surface area contributed by atoms with Gasteiger partial charge in [-0.2, -0.15) is 0 Å². The SMILES string of the molecule is Cc1[nH]c(=O)sc1S(=O)(=O)N(C)CCCC(=O)O. The van der Waals surface area contributed by atoms with E-state index >= 15 is 0 Å². The molecule has 1 rings (SSSR count). The van der Waals surface area contributed by atoms with Gasteiger partial charge in [-0.15, -0.1) is 0 Å². The van der Waals surface area contributed by atoms with E-state index in [4.69, 9.17) is 5.11 Å². The van der Waals surface area contributed by atoms with E-state index in [1.165, 1.54) is 14.0 Å². The topological polar surface area (TPSA) is 108 Å². The lowest BCUT2D eigenvalue weighted by atomic mass is 10.3. The molecule has 0 aromatic carbocycles. The van der Waals surface area contributed by atoms with Crippen LogP contribution in [0.1, 0.15) is 18.5 Å². The lowest BCUT2D eigenvalue weighted by Crippen LogP contribution is -2.28. The second-order valence-corrected chi connectivity index (χ2v) is 6.97. The molecule has 2 N–H and O–H groups in total. The summed E-state index contributed by atoms with van der Waals surface area (Å²) >= 11 is 0.632. The first kappa shape index (κ1) is 14.9. The molecule has 0 radical (unpaired) electrons. The van der Waals surface area contributed by atoms with Crippen LogP contribution in [0.3, 0.4) is 0 Å². The number of hydrogen-bond donors (Lipinski definition) is 2. The Bertz CT molecular complexity index is 586. The van der Waals surface area contributed by atoms with Crippen LogP contribution >= 0.6 is 11.3 Å². The zero-order chi connectivity index (χ0) is 13.9. The number of nitrogens with zero attached hydrogens (tertiary/aromatic N) is 1. The highest BCUT2D eigenvalue weighted by Crippen LogP contribution is 2.20. The number of carboxylic acids is 1. The summed E-state index contributed by atoms with van der Waals surface area (Å²) in [5.41, 5.74) is 0.301. The lowest BCUT2D eigenvalue weighted by molar-refractivity contribution is -0.137. The molecule has 9 heteroatoms. The third-order valence-corrected chi connectivity index (χ3v) is 5.73. The van der Waals surface area contributed by atoms with Gasteiger partial charge in [0.15, 0.2) is 4.21 Å². The number of aromatic nitrogens is 1. The number of carboxylic acid groups (broad SMARTS) is 1. The number of rotatable bonds is 6.